The molecule has 0 amide bonds. The van der Waals surface area contributed by atoms with Gasteiger partial charge in [-0.2, -0.15) is 0 Å². The Morgan fingerprint density at radius 3 is 2.61 bits per heavy atom. The molecular formula is C13H16N4O. The van der Waals surface area contributed by atoms with Crippen LogP contribution in [0.1, 0.15) is 11.1 Å². The summed E-state index contributed by atoms with van der Waals surface area (Å²) >= 11 is 0. The van der Waals surface area contributed by atoms with Crippen molar-refractivity contribution in [2.45, 2.75) is 13.5 Å². The molecule has 5 heteroatoms. The predicted octanol–water partition coefficient (Wildman–Crippen LogP) is 1.18. The minimum atomic E-state index is 0.0670. The molecule has 0 fully saturated rings. The van der Waals surface area contributed by atoms with Crippen LogP contribution in [0.5, 0.6) is 0 Å². The third kappa shape index (κ3) is 3.24. The van der Waals surface area contributed by atoms with Gasteiger partial charge in [0, 0.05) is 37.9 Å². The molecule has 0 aliphatic carbocycles. The second-order valence-electron chi connectivity index (χ2n) is 4.07. The number of pyridine rings is 1. The van der Waals surface area contributed by atoms with Crippen LogP contribution in [0.25, 0.3) is 0 Å². The standard InChI is InChI=1S/C13H16N4O/c1-11-7-15-13(16-8-11)17(5-6-18)10-12-3-2-4-14-9-12/h2-4,7-9,18H,5-6,10H2,1H3. The van der Waals surface area contributed by atoms with E-state index in [9.17, 15) is 0 Å². The number of aliphatic hydroxyl groups is 1. The minimum Gasteiger partial charge on any atom is -0.395 e. The molecule has 5 nitrogen and oxygen atoms in total. The molecule has 0 aliphatic rings. The minimum absolute atomic E-state index is 0.0670. The van der Waals surface area contributed by atoms with Crippen molar-refractivity contribution in [3.05, 3.63) is 48.0 Å². The topological polar surface area (TPSA) is 62.1 Å². The number of aromatic nitrogens is 3. The van der Waals surface area contributed by atoms with Crippen LogP contribution in [0.3, 0.4) is 0 Å². The molecule has 2 heterocycles. The molecule has 1 N–H and O–H groups in total. The largest absolute Gasteiger partial charge is 0.395 e. The van der Waals surface area contributed by atoms with Gasteiger partial charge in [-0.3, -0.25) is 4.98 Å². The highest BCUT2D eigenvalue weighted by Crippen LogP contribution is 2.10. The molecule has 0 spiro atoms. The lowest BCUT2D eigenvalue weighted by atomic mass is 10.2. The van der Waals surface area contributed by atoms with E-state index in [1.807, 2.05) is 24.0 Å². The fourth-order valence-electron chi connectivity index (χ4n) is 1.63. The zero-order chi connectivity index (χ0) is 12.8. The number of anilines is 1. The number of nitrogens with zero attached hydrogens (tertiary/aromatic N) is 4. The third-order valence-corrected chi connectivity index (χ3v) is 2.52. The fraction of sp³-hybridized carbons (Fsp3) is 0.308. The molecule has 0 radical (unpaired) electrons. The van der Waals surface area contributed by atoms with Gasteiger partial charge in [-0.15, -0.1) is 0 Å². The van der Waals surface area contributed by atoms with Gasteiger partial charge in [0.25, 0.3) is 0 Å². The summed E-state index contributed by atoms with van der Waals surface area (Å²) in [4.78, 5) is 14.6. The van der Waals surface area contributed by atoms with Crippen LogP contribution in [0.15, 0.2) is 36.9 Å². The summed E-state index contributed by atoms with van der Waals surface area (Å²) in [6, 6.07) is 3.88. The molecule has 0 unspecified atom stereocenters. The van der Waals surface area contributed by atoms with Crippen LogP contribution in [-0.2, 0) is 6.54 Å². The molecule has 2 aromatic heterocycles. The molecule has 2 rings (SSSR count). The van der Waals surface area contributed by atoms with Crippen LogP contribution in [0.2, 0.25) is 0 Å². The Balaban J connectivity index is 2.15. The lowest BCUT2D eigenvalue weighted by molar-refractivity contribution is 0.300. The molecule has 0 aromatic carbocycles. The average Bonchev–Trinajstić information content (AvgIpc) is 2.40. The molecule has 0 aliphatic heterocycles. The number of aliphatic hydroxyl groups excluding tert-OH is 1. The van der Waals surface area contributed by atoms with Gasteiger partial charge in [0.2, 0.25) is 5.95 Å². The molecule has 0 bridgehead atoms. The van der Waals surface area contributed by atoms with Gasteiger partial charge < -0.3 is 10.0 Å². The van der Waals surface area contributed by atoms with Gasteiger partial charge in [0.05, 0.1) is 6.61 Å². The van der Waals surface area contributed by atoms with Crippen molar-refractivity contribution in [3.8, 4) is 0 Å². The summed E-state index contributed by atoms with van der Waals surface area (Å²) in [5, 5.41) is 9.12. The van der Waals surface area contributed by atoms with Gasteiger partial charge in [0.15, 0.2) is 0 Å². The molecule has 2 aromatic rings. The highest BCUT2D eigenvalue weighted by molar-refractivity contribution is 5.31. The lowest BCUT2D eigenvalue weighted by Crippen LogP contribution is -2.27. The average molecular weight is 244 g/mol. The summed E-state index contributed by atoms with van der Waals surface area (Å²) < 4.78 is 0. The Morgan fingerprint density at radius 2 is 2.00 bits per heavy atom. The van der Waals surface area contributed by atoms with E-state index in [0.29, 0.717) is 19.0 Å². The van der Waals surface area contributed by atoms with Crippen molar-refractivity contribution >= 4 is 5.95 Å². The Hall–Kier alpha value is -2.01. The van der Waals surface area contributed by atoms with E-state index in [-0.39, 0.29) is 6.61 Å². The maximum Gasteiger partial charge on any atom is 0.225 e. The van der Waals surface area contributed by atoms with E-state index >= 15 is 0 Å². The zero-order valence-electron chi connectivity index (χ0n) is 10.3. The van der Waals surface area contributed by atoms with E-state index in [1.165, 1.54) is 0 Å². The fourth-order valence-corrected chi connectivity index (χ4v) is 1.63. The first kappa shape index (κ1) is 12.4. The van der Waals surface area contributed by atoms with Gasteiger partial charge in [0.1, 0.15) is 0 Å². The van der Waals surface area contributed by atoms with Crippen molar-refractivity contribution in [1.82, 2.24) is 15.0 Å². The van der Waals surface area contributed by atoms with Crippen LogP contribution in [0, 0.1) is 6.92 Å². The molecular weight excluding hydrogens is 228 g/mol. The zero-order valence-corrected chi connectivity index (χ0v) is 10.3. The first-order chi connectivity index (χ1) is 8.79. The van der Waals surface area contributed by atoms with Crippen molar-refractivity contribution in [3.63, 3.8) is 0 Å². The Labute approximate surface area is 106 Å². The smallest absolute Gasteiger partial charge is 0.225 e. The maximum atomic E-state index is 9.12. The van der Waals surface area contributed by atoms with Gasteiger partial charge in [-0.25, -0.2) is 9.97 Å². The maximum absolute atomic E-state index is 9.12. The number of aryl methyl sites for hydroxylation is 1. The number of hydrogen-bond acceptors (Lipinski definition) is 5. The summed E-state index contributed by atoms with van der Waals surface area (Å²) in [6.07, 6.45) is 7.09. The first-order valence-corrected chi connectivity index (χ1v) is 5.83. The second-order valence-corrected chi connectivity index (χ2v) is 4.07. The van der Waals surface area contributed by atoms with E-state index in [4.69, 9.17) is 5.11 Å². The third-order valence-electron chi connectivity index (χ3n) is 2.52. The van der Waals surface area contributed by atoms with Crippen molar-refractivity contribution in [2.75, 3.05) is 18.1 Å². The normalized spacial score (nSPS) is 10.3. The predicted molar refractivity (Wildman–Crippen MR) is 69.1 cm³/mol. The van der Waals surface area contributed by atoms with E-state index < -0.39 is 0 Å². The molecule has 0 saturated carbocycles. The van der Waals surface area contributed by atoms with E-state index in [1.54, 1.807) is 24.8 Å². The van der Waals surface area contributed by atoms with Gasteiger partial charge in [-0.1, -0.05) is 6.07 Å². The SMILES string of the molecule is Cc1cnc(N(CCO)Cc2cccnc2)nc1. The quantitative estimate of drug-likeness (QED) is 0.855. The summed E-state index contributed by atoms with van der Waals surface area (Å²) in [5.41, 5.74) is 2.08. The van der Waals surface area contributed by atoms with Crippen molar-refractivity contribution < 1.29 is 5.11 Å². The molecule has 94 valence electrons. The van der Waals surface area contributed by atoms with Crippen LogP contribution < -0.4 is 4.90 Å². The van der Waals surface area contributed by atoms with Crippen molar-refractivity contribution in [2.24, 2.45) is 0 Å². The van der Waals surface area contributed by atoms with Crippen LogP contribution in [-0.4, -0.2) is 33.2 Å². The monoisotopic (exact) mass is 244 g/mol. The highest BCUT2D eigenvalue weighted by atomic mass is 16.3. The van der Waals surface area contributed by atoms with Gasteiger partial charge >= 0.3 is 0 Å². The number of hydrogen-bond donors (Lipinski definition) is 1. The Morgan fingerprint density at radius 1 is 1.22 bits per heavy atom. The number of rotatable bonds is 5. The van der Waals surface area contributed by atoms with Crippen LogP contribution >= 0.6 is 0 Å². The Bertz CT molecular complexity index is 472. The second kappa shape index (κ2) is 6.07. The Kier molecular flexibility index (Phi) is 4.20. The highest BCUT2D eigenvalue weighted by Gasteiger charge is 2.09. The summed E-state index contributed by atoms with van der Waals surface area (Å²) in [5.74, 6) is 0.624. The summed E-state index contributed by atoms with van der Waals surface area (Å²) in [6.45, 7) is 3.15. The van der Waals surface area contributed by atoms with Gasteiger partial charge in [-0.05, 0) is 24.1 Å². The van der Waals surface area contributed by atoms with E-state index in [0.717, 1.165) is 11.1 Å². The molecule has 18 heavy (non-hydrogen) atoms. The summed E-state index contributed by atoms with van der Waals surface area (Å²) in [7, 11) is 0. The van der Waals surface area contributed by atoms with Crippen LogP contribution in [0.4, 0.5) is 5.95 Å². The first-order valence-electron chi connectivity index (χ1n) is 5.83. The molecule has 0 saturated heterocycles. The lowest BCUT2D eigenvalue weighted by Gasteiger charge is -2.21. The van der Waals surface area contributed by atoms with E-state index in [2.05, 4.69) is 15.0 Å². The molecule has 0 atom stereocenters. The van der Waals surface area contributed by atoms with Crippen molar-refractivity contribution in [1.29, 1.82) is 0 Å².